The Morgan fingerprint density at radius 2 is 1.71 bits per heavy atom. The van der Waals surface area contributed by atoms with Crippen molar-refractivity contribution in [3.8, 4) is 0 Å². The Balaban J connectivity index is 1.43. The minimum absolute atomic E-state index is 0.0706. The smallest absolute Gasteiger partial charge is 0.255 e. The molecule has 4 aromatic rings. The zero-order chi connectivity index (χ0) is 21.4. The maximum Gasteiger partial charge on any atom is 0.255 e. The van der Waals surface area contributed by atoms with E-state index >= 15 is 0 Å². The van der Waals surface area contributed by atoms with Crippen LogP contribution in [0.25, 0.3) is 10.9 Å². The molecule has 3 aromatic carbocycles. The molecule has 2 heterocycles. The molecular formula is C25H20FN3O2. The lowest BCUT2D eigenvalue weighted by molar-refractivity contribution is -0.122. The average molecular weight is 413 g/mol. The fourth-order valence-electron chi connectivity index (χ4n) is 4.20. The summed E-state index contributed by atoms with van der Waals surface area (Å²) in [6.45, 7) is 0.199. The van der Waals surface area contributed by atoms with Crippen molar-refractivity contribution in [3.63, 3.8) is 0 Å². The lowest BCUT2D eigenvalue weighted by atomic mass is 9.97. The molecule has 2 amide bonds. The van der Waals surface area contributed by atoms with Crippen molar-refractivity contribution in [3.05, 3.63) is 107 Å². The first-order valence-electron chi connectivity index (χ1n) is 10.1. The molecule has 0 saturated heterocycles. The molecule has 6 heteroatoms. The van der Waals surface area contributed by atoms with Crippen molar-refractivity contribution in [2.75, 3.05) is 6.54 Å². The number of para-hydroxylation sites is 1. The first-order chi connectivity index (χ1) is 15.1. The molecule has 0 spiro atoms. The van der Waals surface area contributed by atoms with Crippen molar-refractivity contribution < 1.29 is 14.0 Å². The molecule has 31 heavy (non-hydrogen) atoms. The van der Waals surface area contributed by atoms with E-state index in [1.807, 2.05) is 48.7 Å². The van der Waals surface area contributed by atoms with Crippen molar-refractivity contribution in [1.29, 1.82) is 0 Å². The second-order valence-corrected chi connectivity index (χ2v) is 7.62. The minimum Gasteiger partial charge on any atom is -0.361 e. The van der Waals surface area contributed by atoms with Crippen LogP contribution in [0.15, 0.2) is 79.0 Å². The third kappa shape index (κ3) is 3.46. The highest BCUT2D eigenvalue weighted by Crippen LogP contribution is 2.40. The zero-order valence-corrected chi connectivity index (χ0v) is 16.6. The molecule has 1 aromatic heterocycles. The van der Waals surface area contributed by atoms with Crippen LogP contribution in [-0.4, -0.2) is 28.2 Å². The number of carbonyl (C=O) groups excluding carboxylic acids is 2. The maximum atomic E-state index is 13.2. The van der Waals surface area contributed by atoms with E-state index in [4.69, 9.17) is 0 Å². The minimum atomic E-state index is -0.351. The van der Waals surface area contributed by atoms with Crippen LogP contribution in [0.5, 0.6) is 0 Å². The van der Waals surface area contributed by atoms with E-state index in [0.717, 1.165) is 27.6 Å². The van der Waals surface area contributed by atoms with Crippen molar-refractivity contribution in [1.82, 2.24) is 15.2 Å². The molecule has 1 unspecified atom stereocenters. The van der Waals surface area contributed by atoms with Crippen LogP contribution in [0, 0.1) is 5.82 Å². The van der Waals surface area contributed by atoms with Gasteiger partial charge in [-0.2, -0.15) is 0 Å². The lowest BCUT2D eigenvalue weighted by Gasteiger charge is -2.25. The first-order valence-corrected chi connectivity index (χ1v) is 10.1. The first kappa shape index (κ1) is 19.1. The van der Waals surface area contributed by atoms with Crippen LogP contribution in [-0.2, 0) is 11.3 Å². The Kier molecular flexibility index (Phi) is 4.75. The van der Waals surface area contributed by atoms with Crippen molar-refractivity contribution in [2.45, 2.75) is 12.6 Å². The third-order valence-corrected chi connectivity index (χ3v) is 5.69. The lowest BCUT2D eigenvalue weighted by Crippen LogP contribution is -2.39. The number of nitrogens with one attached hydrogen (secondary N) is 2. The maximum absolute atomic E-state index is 13.2. The van der Waals surface area contributed by atoms with Gasteiger partial charge >= 0.3 is 0 Å². The monoisotopic (exact) mass is 413 g/mol. The van der Waals surface area contributed by atoms with E-state index < -0.39 is 0 Å². The Labute approximate surface area is 178 Å². The number of H-pyrrole nitrogens is 1. The number of hydrogen-bond donors (Lipinski definition) is 2. The number of hydrogen-bond acceptors (Lipinski definition) is 2. The molecular weight excluding hydrogens is 393 g/mol. The van der Waals surface area contributed by atoms with Gasteiger partial charge in [0.1, 0.15) is 12.4 Å². The number of aromatic nitrogens is 1. The van der Waals surface area contributed by atoms with E-state index in [9.17, 15) is 14.0 Å². The number of fused-ring (bicyclic) bond motifs is 2. The average Bonchev–Trinajstić information content (AvgIpc) is 3.33. The topological polar surface area (TPSA) is 65.2 Å². The normalized spacial score (nSPS) is 15.3. The summed E-state index contributed by atoms with van der Waals surface area (Å²) in [6, 6.07) is 21.0. The van der Waals surface area contributed by atoms with Crippen LogP contribution in [0.4, 0.5) is 4.39 Å². The Hall–Kier alpha value is -3.93. The number of carbonyl (C=O) groups is 2. The number of aromatic amines is 1. The van der Waals surface area contributed by atoms with Gasteiger partial charge < -0.3 is 15.2 Å². The van der Waals surface area contributed by atoms with E-state index in [-0.39, 0.29) is 36.8 Å². The molecule has 1 aliphatic heterocycles. The van der Waals surface area contributed by atoms with Gasteiger partial charge in [0, 0.05) is 34.8 Å². The molecule has 1 atom stereocenters. The van der Waals surface area contributed by atoms with Crippen LogP contribution >= 0.6 is 0 Å². The summed E-state index contributed by atoms with van der Waals surface area (Å²) in [5, 5.41) is 3.85. The van der Waals surface area contributed by atoms with Crippen molar-refractivity contribution in [2.24, 2.45) is 0 Å². The molecule has 0 aliphatic carbocycles. The number of benzene rings is 3. The Morgan fingerprint density at radius 1 is 0.968 bits per heavy atom. The molecule has 0 fully saturated rings. The number of amides is 2. The van der Waals surface area contributed by atoms with E-state index in [2.05, 4.69) is 10.3 Å². The molecule has 154 valence electrons. The summed E-state index contributed by atoms with van der Waals surface area (Å²) in [7, 11) is 0. The van der Waals surface area contributed by atoms with Gasteiger partial charge in [-0.3, -0.25) is 9.59 Å². The second-order valence-electron chi connectivity index (χ2n) is 7.62. The van der Waals surface area contributed by atoms with Gasteiger partial charge in [0.25, 0.3) is 5.91 Å². The highest BCUT2D eigenvalue weighted by atomic mass is 19.1. The standard InChI is InChI=1S/C25H20FN3O2/c26-17-11-9-16(10-12-17)13-28-23(30)15-29-24(19-6-1-2-7-20(19)25(29)31)21-14-27-22-8-4-3-5-18(21)22/h1-12,14,24,27H,13,15H2,(H,28,30). The van der Waals surface area contributed by atoms with Gasteiger partial charge in [0.15, 0.2) is 0 Å². The van der Waals surface area contributed by atoms with Crippen LogP contribution in [0.3, 0.4) is 0 Å². The van der Waals surface area contributed by atoms with Gasteiger partial charge in [-0.25, -0.2) is 4.39 Å². The summed E-state index contributed by atoms with van der Waals surface area (Å²) >= 11 is 0. The van der Waals surface area contributed by atoms with E-state index in [0.29, 0.717) is 5.56 Å². The zero-order valence-electron chi connectivity index (χ0n) is 16.6. The van der Waals surface area contributed by atoms with Crippen LogP contribution in [0.1, 0.15) is 33.1 Å². The SMILES string of the molecule is O=C(CN1C(=O)c2ccccc2C1c1c[nH]c2ccccc12)NCc1ccc(F)cc1. The van der Waals surface area contributed by atoms with Gasteiger partial charge in [-0.15, -0.1) is 0 Å². The quantitative estimate of drug-likeness (QED) is 0.516. The Bertz CT molecular complexity index is 1280. The molecule has 1 aliphatic rings. The molecule has 0 bridgehead atoms. The van der Waals surface area contributed by atoms with Crippen molar-refractivity contribution >= 4 is 22.7 Å². The third-order valence-electron chi connectivity index (χ3n) is 5.69. The second kappa shape index (κ2) is 7.72. The molecule has 5 rings (SSSR count). The number of nitrogens with zero attached hydrogens (tertiary/aromatic N) is 1. The van der Waals surface area contributed by atoms with Crippen LogP contribution in [0.2, 0.25) is 0 Å². The summed E-state index contributed by atoms with van der Waals surface area (Å²) in [5.74, 6) is -0.754. The predicted octanol–water partition coefficient (Wildman–Crippen LogP) is 4.17. The number of halogens is 1. The van der Waals surface area contributed by atoms with Gasteiger partial charge in [0.2, 0.25) is 5.91 Å². The van der Waals surface area contributed by atoms with Gasteiger partial charge in [0.05, 0.1) is 6.04 Å². The summed E-state index contributed by atoms with van der Waals surface area (Å²) in [5.41, 5.74) is 4.24. The fraction of sp³-hybridized carbons (Fsp3) is 0.120. The predicted molar refractivity (Wildman–Crippen MR) is 116 cm³/mol. The molecule has 5 nitrogen and oxygen atoms in total. The fourth-order valence-corrected chi connectivity index (χ4v) is 4.20. The highest BCUT2D eigenvalue weighted by molar-refractivity contribution is 6.02. The van der Waals surface area contributed by atoms with Gasteiger partial charge in [-0.1, -0.05) is 48.5 Å². The Morgan fingerprint density at radius 3 is 2.55 bits per heavy atom. The molecule has 2 N–H and O–H groups in total. The van der Waals surface area contributed by atoms with Crippen LogP contribution < -0.4 is 5.32 Å². The summed E-state index contributed by atoms with van der Waals surface area (Å²) < 4.78 is 13.1. The molecule has 0 radical (unpaired) electrons. The number of rotatable bonds is 5. The summed E-state index contributed by atoms with van der Waals surface area (Å²) in [6.07, 6.45) is 1.91. The van der Waals surface area contributed by atoms with Gasteiger partial charge in [-0.05, 0) is 35.4 Å². The highest BCUT2D eigenvalue weighted by Gasteiger charge is 2.39. The van der Waals surface area contributed by atoms with E-state index in [1.165, 1.54) is 12.1 Å². The molecule has 0 saturated carbocycles. The summed E-state index contributed by atoms with van der Waals surface area (Å²) in [4.78, 5) is 30.8. The van der Waals surface area contributed by atoms with E-state index in [1.54, 1.807) is 23.1 Å². The largest absolute Gasteiger partial charge is 0.361 e.